The van der Waals surface area contributed by atoms with Gasteiger partial charge < -0.3 is 9.80 Å². The summed E-state index contributed by atoms with van der Waals surface area (Å²) < 4.78 is 14.4. The van der Waals surface area contributed by atoms with Crippen molar-refractivity contribution >= 4 is 22.8 Å². The van der Waals surface area contributed by atoms with Gasteiger partial charge in [0.25, 0.3) is 5.69 Å². The number of piperazine rings is 1. The number of hydrogen-bond acceptors (Lipinski definition) is 6. The Morgan fingerprint density at radius 2 is 1.75 bits per heavy atom. The summed E-state index contributed by atoms with van der Waals surface area (Å²) in [5, 5.41) is 20.5. The van der Waals surface area contributed by atoms with E-state index in [9.17, 15) is 24.6 Å². The predicted octanol–water partition coefficient (Wildman–Crippen LogP) is 3.44. The Balaban J connectivity index is 1.81. The minimum Gasteiger partial charge on any atom is -0.368 e. The number of nitro benzene ring substituents is 1. The van der Waals surface area contributed by atoms with Crippen LogP contribution < -0.4 is 9.80 Å². The quantitative estimate of drug-likeness (QED) is 0.457. The molecule has 0 N–H and O–H groups in total. The molecule has 0 aromatic heterocycles. The molecule has 0 unspecified atom stereocenters. The number of nitriles is 1. The number of hydrogen-bond donors (Lipinski definition) is 0. The third-order valence-corrected chi connectivity index (χ3v) is 4.99. The normalized spacial score (nSPS) is 13.9. The van der Waals surface area contributed by atoms with Gasteiger partial charge in [-0.3, -0.25) is 14.9 Å². The number of anilines is 2. The van der Waals surface area contributed by atoms with Gasteiger partial charge in [-0.25, -0.2) is 4.39 Å². The molecule has 0 radical (unpaired) electrons. The summed E-state index contributed by atoms with van der Waals surface area (Å²) in [7, 11) is 0. The maximum absolute atomic E-state index is 14.4. The van der Waals surface area contributed by atoms with Gasteiger partial charge in [0.05, 0.1) is 27.8 Å². The van der Waals surface area contributed by atoms with Crippen molar-refractivity contribution in [2.24, 2.45) is 0 Å². The van der Waals surface area contributed by atoms with Crippen LogP contribution >= 0.6 is 0 Å². The molecule has 28 heavy (non-hydrogen) atoms. The maximum atomic E-state index is 14.4. The summed E-state index contributed by atoms with van der Waals surface area (Å²) >= 11 is 0. The second kappa shape index (κ2) is 7.64. The number of nitrogens with zero attached hydrogens (tertiary/aromatic N) is 4. The van der Waals surface area contributed by atoms with Crippen molar-refractivity contribution < 1.29 is 14.1 Å². The van der Waals surface area contributed by atoms with Gasteiger partial charge in [0.15, 0.2) is 5.78 Å². The summed E-state index contributed by atoms with van der Waals surface area (Å²) in [5.41, 5.74) is 2.07. The minimum absolute atomic E-state index is 0.0812. The Bertz CT molecular complexity index is 992. The van der Waals surface area contributed by atoms with Gasteiger partial charge >= 0.3 is 0 Å². The van der Waals surface area contributed by atoms with E-state index in [0.29, 0.717) is 48.7 Å². The fraction of sp³-hybridized carbons (Fsp3) is 0.300. The topological polar surface area (TPSA) is 90.5 Å². The average molecular weight is 382 g/mol. The number of halogens is 1. The zero-order chi connectivity index (χ0) is 20.4. The first-order valence-electron chi connectivity index (χ1n) is 8.81. The zero-order valence-corrected chi connectivity index (χ0v) is 15.6. The van der Waals surface area contributed by atoms with Gasteiger partial charge in [-0.05, 0) is 38.1 Å². The highest BCUT2D eigenvalue weighted by Crippen LogP contribution is 2.32. The molecule has 2 aromatic rings. The molecular formula is C20H19FN4O3. The fourth-order valence-corrected chi connectivity index (χ4v) is 3.44. The van der Waals surface area contributed by atoms with Crippen LogP contribution in [0.4, 0.5) is 21.5 Å². The van der Waals surface area contributed by atoms with Crippen LogP contribution in [0.15, 0.2) is 30.3 Å². The molecule has 0 atom stereocenters. The van der Waals surface area contributed by atoms with Gasteiger partial charge in [-0.15, -0.1) is 0 Å². The number of carbonyl (C=O) groups excluding carboxylic acids is 1. The maximum Gasteiger partial charge on any atom is 0.275 e. The van der Waals surface area contributed by atoms with Crippen molar-refractivity contribution in [2.75, 3.05) is 36.0 Å². The summed E-state index contributed by atoms with van der Waals surface area (Å²) in [6.07, 6.45) is 0. The van der Waals surface area contributed by atoms with E-state index in [1.165, 1.54) is 19.1 Å². The van der Waals surface area contributed by atoms with E-state index in [1.807, 2.05) is 15.9 Å². The second-order valence-corrected chi connectivity index (χ2v) is 6.70. The molecule has 8 heteroatoms. The second-order valence-electron chi connectivity index (χ2n) is 6.70. The van der Waals surface area contributed by atoms with Crippen LogP contribution in [0.5, 0.6) is 0 Å². The molecule has 0 bridgehead atoms. The van der Waals surface area contributed by atoms with Crippen LogP contribution in [0.25, 0.3) is 0 Å². The van der Waals surface area contributed by atoms with Crippen LogP contribution in [0.3, 0.4) is 0 Å². The van der Waals surface area contributed by atoms with E-state index in [0.717, 1.165) is 0 Å². The van der Waals surface area contributed by atoms with Gasteiger partial charge in [0.1, 0.15) is 5.82 Å². The molecule has 0 spiro atoms. The highest BCUT2D eigenvalue weighted by Gasteiger charge is 2.24. The number of rotatable bonds is 4. The van der Waals surface area contributed by atoms with Crippen molar-refractivity contribution in [2.45, 2.75) is 13.8 Å². The molecule has 3 rings (SSSR count). The molecule has 7 nitrogen and oxygen atoms in total. The van der Waals surface area contributed by atoms with Crippen molar-refractivity contribution in [3.05, 3.63) is 63.0 Å². The van der Waals surface area contributed by atoms with Crippen LogP contribution in [-0.4, -0.2) is 36.9 Å². The first-order valence-corrected chi connectivity index (χ1v) is 8.81. The molecule has 1 heterocycles. The SMILES string of the molecule is CC(=O)c1ccc(N2CCN(c3cc(C#N)cc([N+](=O)[O-])c3C)CC2)c(F)c1. The summed E-state index contributed by atoms with van der Waals surface area (Å²) in [6.45, 7) is 5.15. The van der Waals surface area contributed by atoms with E-state index in [4.69, 9.17) is 0 Å². The van der Waals surface area contributed by atoms with E-state index in [-0.39, 0.29) is 17.0 Å². The van der Waals surface area contributed by atoms with Crippen molar-refractivity contribution in [1.82, 2.24) is 0 Å². The lowest BCUT2D eigenvalue weighted by Gasteiger charge is -2.38. The van der Waals surface area contributed by atoms with Crippen LogP contribution in [0.1, 0.15) is 28.4 Å². The number of carbonyl (C=O) groups is 1. The molecule has 0 amide bonds. The molecule has 1 fully saturated rings. The summed E-state index contributed by atoms with van der Waals surface area (Å²) in [5.74, 6) is -0.635. The lowest BCUT2D eigenvalue weighted by molar-refractivity contribution is -0.385. The van der Waals surface area contributed by atoms with E-state index < -0.39 is 10.7 Å². The standard InChI is InChI=1S/C20H19FN4O3/c1-13-19(9-15(12-22)10-20(13)25(27)28)24-7-5-23(6-8-24)18-4-3-16(14(2)26)11-17(18)21/h3-4,9-11H,5-8H2,1-2H3. The molecule has 2 aromatic carbocycles. The van der Waals surface area contributed by atoms with Gasteiger partial charge in [0, 0.05) is 43.5 Å². The van der Waals surface area contributed by atoms with Gasteiger partial charge in [-0.2, -0.15) is 5.26 Å². The van der Waals surface area contributed by atoms with Crippen LogP contribution in [0, 0.1) is 34.2 Å². The Morgan fingerprint density at radius 3 is 2.25 bits per heavy atom. The number of benzene rings is 2. The summed E-state index contributed by atoms with van der Waals surface area (Å²) in [6, 6.07) is 9.36. The Morgan fingerprint density at radius 1 is 1.14 bits per heavy atom. The third kappa shape index (κ3) is 3.64. The Labute approximate surface area is 161 Å². The van der Waals surface area contributed by atoms with Gasteiger partial charge in [0.2, 0.25) is 0 Å². The molecular weight excluding hydrogens is 363 g/mol. The third-order valence-electron chi connectivity index (χ3n) is 4.99. The first-order chi connectivity index (χ1) is 13.3. The zero-order valence-electron chi connectivity index (χ0n) is 15.6. The number of ketones is 1. The monoisotopic (exact) mass is 382 g/mol. The fourth-order valence-electron chi connectivity index (χ4n) is 3.44. The van der Waals surface area contributed by atoms with E-state index >= 15 is 0 Å². The lowest BCUT2D eigenvalue weighted by Crippen LogP contribution is -2.47. The number of nitro groups is 1. The summed E-state index contributed by atoms with van der Waals surface area (Å²) in [4.78, 5) is 26.0. The highest BCUT2D eigenvalue weighted by molar-refractivity contribution is 5.94. The molecule has 1 aliphatic heterocycles. The van der Waals surface area contributed by atoms with Crippen molar-refractivity contribution in [3.63, 3.8) is 0 Å². The number of Topliss-reactive ketones (excluding diaryl/α,β-unsaturated/α-hetero) is 1. The van der Waals surface area contributed by atoms with Crippen molar-refractivity contribution in [1.29, 1.82) is 5.26 Å². The van der Waals surface area contributed by atoms with Crippen LogP contribution in [0.2, 0.25) is 0 Å². The molecule has 1 saturated heterocycles. The van der Waals surface area contributed by atoms with E-state index in [1.54, 1.807) is 25.1 Å². The first kappa shape index (κ1) is 19.3. The highest BCUT2D eigenvalue weighted by atomic mass is 19.1. The smallest absolute Gasteiger partial charge is 0.275 e. The van der Waals surface area contributed by atoms with Crippen molar-refractivity contribution in [3.8, 4) is 6.07 Å². The van der Waals surface area contributed by atoms with E-state index in [2.05, 4.69) is 0 Å². The molecule has 144 valence electrons. The Hall–Kier alpha value is -3.47. The lowest BCUT2D eigenvalue weighted by atomic mass is 10.1. The largest absolute Gasteiger partial charge is 0.368 e. The molecule has 0 aliphatic carbocycles. The predicted molar refractivity (Wildman–Crippen MR) is 103 cm³/mol. The van der Waals surface area contributed by atoms with Crippen LogP contribution in [-0.2, 0) is 0 Å². The van der Waals surface area contributed by atoms with Gasteiger partial charge in [-0.1, -0.05) is 0 Å². The molecule has 1 aliphatic rings. The molecule has 0 saturated carbocycles. The Kier molecular flexibility index (Phi) is 5.27. The average Bonchev–Trinajstić information content (AvgIpc) is 2.68. The minimum atomic E-state index is -0.484.